The summed E-state index contributed by atoms with van der Waals surface area (Å²) in [7, 11) is 1.21. The molecule has 0 aliphatic carbocycles. The molecule has 1 fully saturated rings. The Morgan fingerprint density at radius 1 is 1.50 bits per heavy atom. The van der Waals surface area contributed by atoms with E-state index in [1.165, 1.54) is 7.05 Å². The molecule has 5 nitrogen and oxygen atoms in total. The quantitative estimate of drug-likeness (QED) is 0.262. The van der Waals surface area contributed by atoms with E-state index in [0.717, 1.165) is 6.61 Å². The van der Waals surface area contributed by atoms with E-state index in [9.17, 15) is 0 Å². The Hall–Kier alpha value is -0.200. The second-order valence-electron chi connectivity index (χ2n) is 2.03. The van der Waals surface area contributed by atoms with Crippen LogP contribution in [0.25, 0.3) is 0 Å². The summed E-state index contributed by atoms with van der Waals surface area (Å²) in [6, 6.07) is 0. The number of rotatable bonds is 1. The van der Waals surface area contributed by atoms with Crippen LogP contribution in [0.3, 0.4) is 0 Å². The molecule has 0 aromatic rings. The van der Waals surface area contributed by atoms with Crippen molar-refractivity contribution in [2.75, 3.05) is 13.7 Å². The average molecular weight is 151 g/mol. The van der Waals surface area contributed by atoms with Gasteiger partial charge in [-0.05, 0) is 14.0 Å². The lowest BCUT2D eigenvalue weighted by Crippen LogP contribution is -2.41. The zero-order valence-electron chi connectivity index (χ0n) is 6.03. The van der Waals surface area contributed by atoms with Gasteiger partial charge in [-0.3, -0.25) is 0 Å². The lowest BCUT2D eigenvalue weighted by Gasteiger charge is -2.09. The monoisotopic (exact) mass is 151 g/mol. The molecule has 0 aromatic heterocycles. The molecule has 62 valence electrons. The topological polar surface area (TPSA) is 85.2 Å². The molecular formula is C5H13NO4. The second kappa shape index (κ2) is 3.85. The van der Waals surface area contributed by atoms with E-state index in [0.29, 0.717) is 6.10 Å². The van der Waals surface area contributed by atoms with Gasteiger partial charge in [0.05, 0.1) is 12.7 Å². The van der Waals surface area contributed by atoms with Gasteiger partial charge < -0.3 is 20.1 Å². The van der Waals surface area contributed by atoms with Crippen molar-refractivity contribution in [3.8, 4) is 0 Å². The first-order chi connectivity index (χ1) is 4.45. The molecule has 0 aromatic carbocycles. The minimum absolute atomic E-state index is 0.583. The summed E-state index contributed by atoms with van der Waals surface area (Å²) >= 11 is 0. The molecule has 0 bridgehead atoms. The van der Waals surface area contributed by atoms with Crippen molar-refractivity contribution in [3.05, 3.63) is 0 Å². The Morgan fingerprint density at radius 2 is 1.70 bits per heavy atom. The van der Waals surface area contributed by atoms with Gasteiger partial charge in [0, 0.05) is 0 Å². The van der Waals surface area contributed by atoms with Crippen molar-refractivity contribution in [3.63, 3.8) is 0 Å². The Morgan fingerprint density at radius 3 is 1.70 bits per heavy atom. The summed E-state index contributed by atoms with van der Waals surface area (Å²) in [4.78, 5) is 0. The Balaban J connectivity index is 0.000000172. The van der Waals surface area contributed by atoms with Crippen molar-refractivity contribution in [2.24, 2.45) is 0 Å². The van der Waals surface area contributed by atoms with Crippen LogP contribution in [0.4, 0.5) is 0 Å². The van der Waals surface area contributed by atoms with Crippen LogP contribution in [0.2, 0.25) is 0 Å². The maximum absolute atomic E-state index is 7.83. The van der Waals surface area contributed by atoms with Crippen molar-refractivity contribution >= 4 is 0 Å². The van der Waals surface area contributed by atoms with E-state index in [4.69, 9.17) is 20.1 Å². The lowest BCUT2D eigenvalue weighted by atomic mass is 10.6. The summed E-state index contributed by atoms with van der Waals surface area (Å²) < 4.78 is 4.71. The molecule has 0 radical (unpaired) electrons. The number of aliphatic hydroxyl groups is 3. The van der Waals surface area contributed by atoms with Crippen LogP contribution in [0.1, 0.15) is 6.92 Å². The van der Waals surface area contributed by atoms with E-state index in [-0.39, 0.29) is 0 Å². The molecular weight excluding hydrogens is 138 g/mol. The molecule has 0 amide bonds. The predicted molar refractivity (Wildman–Crippen MR) is 33.9 cm³/mol. The van der Waals surface area contributed by atoms with Gasteiger partial charge in [-0.25, -0.2) is 5.32 Å². The van der Waals surface area contributed by atoms with Crippen LogP contribution < -0.4 is 5.32 Å². The minimum atomic E-state index is -2.71. The maximum Gasteiger partial charge on any atom is 0.342 e. The van der Waals surface area contributed by atoms with Gasteiger partial charge in [0.15, 0.2) is 0 Å². The van der Waals surface area contributed by atoms with Gasteiger partial charge in [-0.1, -0.05) is 0 Å². The summed E-state index contributed by atoms with van der Waals surface area (Å²) in [5.74, 6) is 0. The van der Waals surface area contributed by atoms with Crippen LogP contribution >= 0.6 is 0 Å². The average Bonchev–Trinajstić information content (AvgIpc) is 2.51. The van der Waals surface area contributed by atoms with E-state index < -0.39 is 6.10 Å². The van der Waals surface area contributed by atoms with Crippen molar-refractivity contribution in [1.29, 1.82) is 0 Å². The number of ether oxygens (including phenoxy) is 1. The Bertz CT molecular complexity index is 86.1. The number of nitrogens with one attached hydrogen (secondary N) is 1. The van der Waals surface area contributed by atoms with E-state index in [1.54, 1.807) is 5.32 Å². The van der Waals surface area contributed by atoms with Crippen molar-refractivity contribution in [1.82, 2.24) is 5.32 Å². The second-order valence-corrected chi connectivity index (χ2v) is 2.03. The first-order valence-electron chi connectivity index (χ1n) is 2.93. The fraction of sp³-hybridized carbons (Fsp3) is 1.00. The molecule has 1 heterocycles. The molecule has 1 aliphatic rings. The summed E-state index contributed by atoms with van der Waals surface area (Å²) in [6.07, 6.45) is -2.12. The number of hydrogen-bond acceptors (Lipinski definition) is 5. The van der Waals surface area contributed by atoms with Crippen molar-refractivity contribution < 1.29 is 20.1 Å². The van der Waals surface area contributed by atoms with Gasteiger partial charge >= 0.3 is 6.10 Å². The SMILES string of the molecule is CC1CO1.CNC(O)(O)O. The fourth-order valence-corrected chi connectivity index (χ4v) is 0.0962. The predicted octanol–water partition coefficient (Wildman–Crippen LogP) is -1.80. The van der Waals surface area contributed by atoms with Crippen molar-refractivity contribution in [2.45, 2.75) is 19.1 Å². The molecule has 4 N–H and O–H groups in total. The van der Waals surface area contributed by atoms with Crippen LogP contribution in [-0.2, 0) is 4.74 Å². The minimum Gasteiger partial charge on any atom is -0.373 e. The Labute approximate surface area is 59.2 Å². The molecule has 5 heteroatoms. The van der Waals surface area contributed by atoms with Gasteiger partial charge in [0.2, 0.25) is 0 Å². The molecule has 1 saturated heterocycles. The number of epoxide rings is 1. The van der Waals surface area contributed by atoms with Gasteiger partial charge in [-0.15, -0.1) is 0 Å². The van der Waals surface area contributed by atoms with E-state index in [1.807, 2.05) is 0 Å². The molecule has 1 aliphatic heterocycles. The summed E-state index contributed by atoms with van der Waals surface area (Å²) in [5.41, 5.74) is 0. The molecule has 0 saturated carbocycles. The van der Waals surface area contributed by atoms with Gasteiger partial charge in [-0.2, -0.15) is 0 Å². The normalized spacial score (nSPS) is 23.1. The summed E-state index contributed by atoms with van der Waals surface area (Å²) in [6.45, 7) is 3.04. The third kappa shape index (κ3) is 10.7. The first kappa shape index (κ1) is 9.80. The Kier molecular flexibility index (Phi) is 3.77. The van der Waals surface area contributed by atoms with Crippen LogP contribution in [0.15, 0.2) is 0 Å². The lowest BCUT2D eigenvalue weighted by molar-refractivity contribution is -0.328. The van der Waals surface area contributed by atoms with E-state index >= 15 is 0 Å². The molecule has 0 spiro atoms. The standard InChI is InChI=1S/C3H6O.C2H7NO3/c1-3-2-4-3;1-3-2(4,5)6/h3H,2H2,1H3;3-6H,1H3. The first-order valence-corrected chi connectivity index (χ1v) is 2.93. The third-order valence-corrected chi connectivity index (χ3v) is 0.835. The highest BCUT2D eigenvalue weighted by atomic mass is 16.7. The van der Waals surface area contributed by atoms with Crippen LogP contribution in [0.5, 0.6) is 0 Å². The highest BCUT2D eigenvalue weighted by Gasteiger charge is 2.13. The fourth-order valence-electron chi connectivity index (χ4n) is 0.0962. The third-order valence-electron chi connectivity index (χ3n) is 0.835. The van der Waals surface area contributed by atoms with Gasteiger partial charge in [0.1, 0.15) is 0 Å². The largest absolute Gasteiger partial charge is 0.373 e. The zero-order chi connectivity index (χ0) is 8.20. The molecule has 10 heavy (non-hydrogen) atoms. The smallest absolute Gasteiger partial charge is 0.342 e. The maximum atomic E-state index is 7.83. The molecule has 1 rings (SSSR count). The summed E-state index contributed by atoms with van der Waals surface area (Å²) in [5, 5.41) is 25.3. The highest BCUT2D eigenvalue weighted by molar-refractivity contribution is 4.58. The zero-order valence-corrected chi connectivity index (χ0v) is 6.03. The van der Waals surface area contributed by atoms with Gasteiger partial charge in [0.25, 0.3) is 0 Å². The molecule has 1 unspecified atom stereocenters. The highest BCUT2D eigenvalue weighted by Crippen LogP contribution is 2.04. The van der Waals surface area contributed by atoms with Crippen LogP contribution in [-0.4, -0.2) is 41.2 Å². The van der Waals surface area contributed by atoms with Crippen LogP contribution in [0, 0.1) is 0 Å². The van der Waals surface area contributed by atoms with E-state index in [2.05, 4.69) is 6.92 Å². The molecule has 1 atom stereocenters. The number of hydrogen-bond donors (Lipinski definition) is 4.